The van der Waals surface area contributed by atoms with Crippen LogP contribution in [-0.4, -0.2) is 86.6 Å². The molecule has 0 amide bonds. The first-order valence-electron chi connectivity index (χ1n) is 10.6. The summed E-state index contributed by atoms with van der Waals surface area (Å²) in [6, 6.07) is 0. The molecule has 4 aliphatic rings. The lowest BCUT2D eigenvalue weighted by atomic mass is 9.76. The maximum Gasteiger partial charge on any atom is 0.309 e. The van der Waals surface area contributed by atoms with Crippen molar-refractivity contribution in [3.05, 3.63) is 11.6 Å². The Morgan fingerprint density at radius 3 is 2.57 bits per heavy atom. The summed E-state index contributed by atoms with van der Waals surface area (Å²) in [7, 11) is 0. The minimum Gasteiger partial charge on any atom is -0.458 e. The van der Waals surface area contributed by atoms with Crippen molar-refractivity contribution in [3.8, 4) is 0 Å². The van der Waals surface area contributed by atoms with Gasteiger partial charge in [0.15, 0.2) is 6.29 Å². The average Bonchev–Trinajstić information content (AvgIpc) is 3.03. The molecule has 30 heavy (non-hydrogen) atoms. The predicted molar refractivity (Wildman–Crippen MR) is 102 cm³/mol. The van der Waals surface area contributed by atoms with Crippen LogP contribution in [0.25, 0.3) is 0 Å². The Hall–Kier alpha value is -1.07. The van der Waals surface area contributed by atoms with E-state index < -0.39 is 49.0 Å². The van der Waals surface area contributed by atoms with E-state index in [1.807, 2.05) is 19.9 Å². The highest BCUT2D eigenvalue weighted by atomic mass is 16.7. The number of carbonyl (C=O) groups is 1. The van der Waals surface area contributed by atoms with E-state index in [4.69, 9.17) is 14.2 Å². The van der Waals surface area contributed by atoms with Crippen molar-refractivity contribution in [1.29, 1.82) is 0 Å². The van der Waals surface area contributed by atoms with Gasteiger partial charge in [-0.3, -0.25) is 4.79 Å². The molecule has 0 aromatic rings. The molecule has 1 saturated carbocycles. The number of allylic oxidation sites excluding steroid dienone is 1. The van der Waals surface area contributed by atoms with Crippen LogP contribution in [0.3, 0.4) is 0 Å². The molecule has 0 aromatic carbocycles. The summed E-state index contributed by atoms with van der Waals surface area (Å²) in [5, 5.41) is 51.1. The van der Waals surface area contributed by atoms with Crippen molar-refractivity contribution in [3.63, 3.8) is 0 Å². The van der Waals surface area contributed by atoms with Crippen molar-refractivity contribution in [2.24, 2.45) is 23.7 Å². The van der Waals surface area contributed by atoms with Gasteiger partial charge in [0.25, 0.3) is 0 Å². The third-order valence-electron chi connectivity index (χ3n) is 7.73. The van der Waals surface area contributed by atoms with Crippen LogP contribution in [-0.2, 0) is 19.0 Å². The molecule has 12 atom stereocenters. The van der Waals surface area contributed by atoms with Gasteiger partial charge in [0, 0.05) is 5.92 Å². The number of esters is 1. The molecule has 3 fully saturated rings. The summed E-state index contributed by atoms with van der Waals surface area (Å²) < 4.78 is 16.9. The van der Waals surface area contributed by atoms with Crippen LogP contribution in [0.2, 0.25) is 0 Å². The Balaban J connectivity index is 1.55. The minimum atomic E-state index is -1.54. The smallest absolute Gasteiger partial charge is 0.309 e. The lowest BCUT2D eigenvalue weighted by Crippen LogP contribution is -2.60. The van der Waals surface area contributed by atoms with Crippen LogP contribution in [0.5, 0.6) is 0 Å². The van der Waals surface area contributed by atoms with E-state index in [9.17, 15) is 30.3 Å². The summed E-state index contributed by atoms with van der Waals surface area (Å²) in [5.74, 6) is -0.680. The van der Waals surface area contributed by atoms with Crippen LogP contribution in [0, 0.1) is 23.7 Å². The standard InChI is InChI=1S/C21H32O9/c1-8-4-13-11(9(2)19(26)28-13)5-12-10(8)6-15(21(12,3)27)30-20-18(25)17(24)16(23)14(7-22)29-20/h4,9-18,20,22-25,27H,5-7H2,1-3H3. The lowest BCUT2D eigenvalue weighted by molar-refractivity contribution is -0.321. The highest BCUT2D eigenvalue weighted by Crippen LogP contribution is 2.53. The topological polar surface area (TPSA) is 146 Å². The van der Waals surface area contributed by atoms with E-state index in [0.717, 1.165) is 5.57 Å². The number of aliphatic hydroxyl groups excluding tert-OH is 4. The Morgan fingerprint density at radius 1 is 1.20 bits per heavy atom. The first-order chi connectivity index (χ1) is 14.1. The van der Waals surface area contributed by atoms with Gasteiger partial charge in [-0.25, -0.2) is 0 Å². The Kier molecular flexibility index (Phi) is 5.76. The van der Waals surface area contributed by atoms with Crippen LogP contribution in [0.15, 0.2) is 11.6 Å². The van der Waals surface area contributed by atoms with E-state index in [2.05, 4.69) is 0 Å². The monoisotopic (exact) mass is 428 g/mol. The molecular formula is C21H32O9. The third-order valence-corrected chi connectivity index (χ3v) is 7.73. The average molecular weight is 428 g/mol. The molecule has 170 valence electrons. The molecular weight excluding hydrogens is 396 g/mol. The number of hydrogen-bond acceptors (Lipinski definition) is 9. The Labute approximate surface area is 175 Å². The molecule has 2 heterocycles. The molecule has 12 unspecified atom stereocenters. The summed E-state index contributed by atoms with van der Waals surface area (Å²) in [6.07, 6.45) is -4.85. The number of carbonyl (C=O) groups excluding carboxylic acids is 1. The fourth-order valence-corrected chi connectivity index (χ4v) is 5.68. The number of aliphatic hydroxyl groups is 5. The molecule has 5 N–H and O–H groups in total. The molecule has 2 aliphatic heterocycles. The van der Waals surface area contributed by atoms with Gasteiger partial charge in [-0.1, -0.05) is 12.5 Å². The number of hydrogen-bond donors (Lipinski definition) is 5. The predicted octanol–water partition coefficient (Wildman–Crippen LogP) is -0.914. The van der Waals surface area contributed by atoms with E-state index >= 15 is 0 Å². The first kappa shape index (κ1) is 22.1. The second-order valence-electron chi connectivity index (χ2n) is 9.50. The zero-order chi connectivity index (χ0) is 22.0. The van der Waals surface area contributed by atoms with Crippen molar-refractivity contribution in [1.82, 2.24) is 0 Å². The Bertz CT molecular complexity index is 705. The van der Waals surface area contributed by atoms with Crippen molar-refractivity contribution < 1.29 is 44.5 Å². The number of fused-ring (bicyclic) bond motifs is 2. The summed E-state index contributed by atoms with van der Waals surface area (Å²) in [4.78, 5) is 12.0. The Morgan fingerprint density at radius 2 is 1.90 bits per heavy atom. The van der Waals surface area contributed by atoms with Crippen molar-refractivity contribution in [2.75, 3.05) is 6.61 Å². The summed E-state index contributed by atoms with van der Waals surface area (Å²) in [5.41, 5.74) is -0.256. The second-order valence-corrected chi connectivity index (χ2v) is 9.50. The van der Waals surface area contributed by atoms with Gasteiger partial charge in [0.1, 0.15) is 30.5 Å². The van der Waals surface area contributed by atoms with E-state index in [0.29, 0.717) is 12.8 Å². The normalized spacial score (nSPS) is 53.5. The molecule has 0 bridgehead atoms. The molecule has 2 aliphatic carbocycles. The third kappa shape index (κ3) is 3.40. The van der Waals surface area contributed by atoms with E-state index in [1.54, 1.807) is 6.92 Å². The number of ether oxygens (including phenoxy) is 3. The second kappa shape index (κ2) is 7.81. The van der Waals surface area contributed by atoms with Gasteiger partial charge in [0.2, 0.25) is 0 Å². The summed E-state index contributed by atoms with van der Waals surface area (Å²) in [6.45, 7) is 4.95. The molecule has 2 saturated heterocycles. The SMILES string of the molecule is CC1=CC2OC(=O)C(C)C2CC2C1CC(OC1OC(CO)C(O)C(O)C1O)C2(C)O. The fourth-order valence-electron chi connectivity index (χ4n) is 5.68. The lowest BCUT2D eigenvalue weighted by Gasteiger charge is -2.42. The van der Waals surface area contributed by atoms with Gasteiger partial charge in [0.05, 0.1) is 24.2 Å². The highest BCUT2D eigenvalue weighted by molar-refractivity contribution is 5.75. The maximum atomic E-state index is 12.0. The maximum absolute atomic E-state index is 12.0. The van der Waals surface area contributed by atoms with Crippen molar-refractivity contribution in [2.45, 2.75) is 82.1 Å². The molecule has 0 radical (unpaired) electrons. The van der Waals surface area contributed by atoms with E-state index in [-0.39, 0.29) is 35.7 Å². The largest absolute Gasteiger partial charge is 0.458 e. The molecule has 9 nitrogen and oxygen atoms in total. The van der Waals surface area contributed by atoms with Crippen molar-refractivity contribution >= 4 is 5.97 Å². The van der Waals surface area contributed by atoms with E-state index in [1.165, 1.54) is 0 Å². The molecule has 4 rings (SSSR count). The fraction of sp³-hybridized carbons (Fsp3) is 0.857. The van der Waals surface area contributed by atoms with Gasteiger partial charge < -0.3 is 39.7 Å². The molecule has 0 spiro atoms. The first-order valence-corrected chi connectivity index (χ1v) is 10.6. The molecule has 9 heteroatoms. The van der Waals surface area contributed by atoms with Gasteiger partial charge in [-0.2, -0.15) is 0 Å². The van der Waals surface area contributed by atoms with Gasteiger partial charge in [-0.05, 0) is 44.6 Å². The van der Waals surface area contributed by atoms with Crippen LogP contribution < -0.4 is 0 Å². The van der Waals surface area contributed by atoms with Crippen LogP contribution >= 0.6 is 0 Å². The zero-order valence-electron chi connectivity index (χ0n) is 17.4. The zero-order valence-corrected chi connectivity index (χ0v) is 17.4. The van der Waals surface area contributed by atoms with Crippen LogP contribution in [0.1, 0.15) is 33.6 Å². The van der Waals surface area contributed by atoms with Crippen LogP contribution in [0.4, 0.5) is 0 Å². The highest BCUT2D eigenvalue weighted by Gasteiger charge is 2.58. The summed E-state index contributed by atoms with van der Waals surface area (Å²) >= 11 is 0. The molecule has 0 aromatic heterocycles. The quantitative estimate of drug-likeness (QED) is 0.285. The van der Waals surface area contributed by atoms with Gasteiger partial charge >= 0.3 is 5.97 Å². The number of rotatable bonds is 3. The van der Waals surface area contributed by atoms with Gasteiger partial charge in [-0.15, -0.1) is 0 Å². The minimum absolute atomic E-state index is 0.00591.